The average Bonchev–Trinajstić information content (AvgIpc) is 3.20. The van der Waals surface area contributed by atoms with Crippen LogP contribution in [0.4, 0.5) is 5.69 Å². The molecule has 5 heteroatoms. The molecule has 2 aromatic heterocycles. The van der Waals surface area contributed by atoms with Crippen molar-refractivity contribution in [2.45, 2.75) is 12.8 Å². The molecule has 0 saturated heterocycles. The van der Waals surface area contributed by atoms with Crippen molar-refractivity contribution >= 4 is 34.3 Å². The molecule has 0 fully saturated rings. The normalized spacial score (nSPS) is 16.8. The zero-order valence-corrected chi connectivity index (χ0v) is 12.9. The lowest BCUT2D eigenvalue weighted by Crippen LogP contribution is -2.08. The van der Waals surface area contributed by atoms with Gasteiger partial charge in [-0.05, 0) is 36.1 Å². The summed E-state index contributed by atoms with van der Waals surface area (Å²) >= 11 is 3.35. The molecule has 0 radical (unpaired) electrons. The number of hydrogen-bond acceptors (Lipinski definition) is 4. The van der Waals surface area contributed by atoms with Crippen LogP contribution in [0.15, 0.2) is 41.1 Å². The van der Waals surface area contributed by atoms with Crippen LogP contribution in [0.2, 0.25) is 0 Å². The minimum absolute atomic E-state index is 0.0692. The van der Waals surface area contributed by atoms with Crippen molar-refractivity contribution in [1.29, 1.82) is 0 Å². The molecule has 3 aromatic rings. The van der Waals surface area contributed by atoms with E-state index in [9.17, 15) is 4.79 Å². The van der Waals surface area contributed by atoms with Crippen molar-refractivity contribution in [1.82, 2.24) is 4.98 Å². The first-order valence-corrected chi connectivity index (χ1v) is 8.43. The van der Waals surface area contributed by atoms with Crippen LogP contribution in [0.25, 0.3) is 21.1 Å². The van der Waals surface area contributed by atoms with Crippen molar-refractivity contribution in [2.24, 2.45) is 0 Å². The Morgan fingerprint density at radius 1 is 1.24 bits per heavy atom. The maximum absolute atomic E-state index is 11.7. The SMILES string of the molecule is C[C@H]1C(=O)Nc2ccc(-c3csc(-c4cccs4)n3)cc21. The lowest BCUT2D eigenvalue weighted by Gasteiger charge is -2.03. The Morgan fingerprint density at radius 2 is 2.14 bits per heavy atom. The van der Waals surface area contributed by atoms with E-state index >= 15 is 0 Å². The Hall–Kier alpha value is -1.98. The van der Waals surface area contributed by atoms with Crippen molar-refractivity contribution in [3.05, 3.63) is 46.7 Å². The van der Waals surface area contributed by atoms with Crippen LogP contribution in [0, 0.1) is 0 Å². The van der Waals surface area contributed by atoms with Crippen LogP contribution >= 0.6 is 22.7 Å². The Balaban J connectivity index is 1.74. The smallest absolute Gasteiger partial charge is 0.231 e. The van der Waals surface area contributed by atoms with Crippen molar-refractivity contribution in [3.8, 4) is 21.1 Å². The zero-order valence-electron chi connectivity index (χ0n) is 11.3. The highest BCUT2D eigenvalue weighted by Gasteiger charge is 2.26. The molecule has 0 aliphatic carbocycles. The number of amides is 1. The number of nitrogens with one attached hydrogen (secondary N) is 1. The maximum atomic E-state index is 11.7. The number of thiazole rings is 1. The van der Waals surface area contributed by atoms with E-state index < -0.39 is 0 Å². The highest BCUT2D eigenvalue weighted by Crippen LogP contribution is 2.37. The fraction of sp³-hybridized carbons (Fsp3) is 0.125. The minimum atomic E-state index is -0.0876. The van der Waals surface area contributed by atoms with Gasteiger partial charge in [0.05, 0.1) is 16.5 Å². The van der Waals surface area contributed by atoms with Crippen molar-refractivity contribution in [2.75, 3.05) is 5.32 Å². The van der Waals surface area contributed by atoms with E-state index in [2.05, 4.69) is 28.2 Å². The molecule has 1 N–H and O–H groups in total. The van der Waals surface area contributed by atoms with E-state index in [1.165, 1.54) is 4.88 Å². The summed E-state index contributed by atoms with van der Waals surface area (Å²) in [6.45, 7) is 1.93. The molecule has 0 bridgehead atoms. The second-order valence-electron chi connectivity index (χ2n) is 5.03. The second kappa shape index (κ2) is 4.79. The molecule has 0 saturated carbocycles. The van der Waals surface area contributed by atoms with Gasteiger partial charge in [0.15, 0.2) is 0 Å². The number of benzene rings is 1. The summed E-state index contributed by atoms with van der Waals surface area (Å²) in [5, 5.41) is 8.08. The molecule has 21 heavy (non-hydrogen) atoms. The Morgan fingerprint density at radius 3 is 2.95 bits per heavy atom. The number of fused-ring (bicyclic) bond motifs is 1. The molecule has 1 atom stereocenters. The molecule has 0 unspecified atom stereocenters. The molecule has 0 spiro atoms. The first kappa shape index (κ1) is 12.7. The fourth-order valence-electron chi connectivity index (χ4n) is 2.50. The summed E-state index contributed by atoms with van der Waals surface area (Å²) in [6.07, 6.45) is 0. The van der Waals surface area contributed by atoms with Gasteiger partial charge in [-0.2, -0.15) is 0 Å². The van der Waals surface area contributed by atoms with E-state index in [0.717, 1.165) is 27.5 Å². The van der Waals surface area contributed by atoms with Crippen LogP contribution in [0.1, 0.15) is 18.4 Å². The second-order valence-corrected chi connectivity index (χ2v) is 6.83. The summed E-state index contributed by atoms with van der Waals surface area (Å²) in [4.78, 5) is 17.6. The molecule has 1 aliphatic rings. The highest BCUT2D eigenvalue weighted by molar-refractivity contribution is 7.20. The van der Waals surface area contributed by atoms with Crippen LogP contribution in [-0.4, -0.2) is 10.9 Å². The third-order valence-corrected chi connectivity index (χ3v) is 5.58. The molecule has 1 aliphatic heterocycles. The Labute approximate surface area is 130 Å². The molecule has 1 amide bonds. The van der Waals surface area contributed by atoms with Gasteiger partial charge in [0.2, 0.25) is 5.91 Å². The van der Waals surface area contributed by atoms with Gasteiger partial charge in [0.1, 0.15) is 5.01 Å². The molecular weight excluding hydrogens is 300 g/mol. The third kappa shape index (κ3) is 2.09. The zero-order chi connectivity index (χ0) is 14.4. The molecule has 3 heterocycles. The van der Waals surface area contributed by atoms with Gasteiger partial charge in [0, 0.05) is 16.6 Å². The summed E-state index contributed by atoms with van der Waals surface area (Å²) in [7, 11) is 0. The largest absolute Gasteiger partial charge is 0.325 e. The number of nitrogens with zero attached hydrogens (tertiary/aromatic N) is 1. The number of hydrogen-bond donors (Lipinski definition) is 1. The van der Waals surface area contributed by atoms with Gasteiger partial charge in [-0.3, -0.25) is 4.79 Å². The van der Waals surface area contributed by atoms with Gasteiger partial charge in [-0.1, -0.05) is 12.1 Å². The standard InChI is InChI=1S/C16H12N2OS2/c1-9-11-7-10(4-5-12(11)17-15(9)19)13-8-21-16(18-13)14-3-2-6-20-14/h2-9H,1H3,(H,17,19)/t9-/m1/s1. The number of rotatable bonds is 2. The Bertz CT molecular complexity index is 821. The molecular formula is C16H12N2OS2. The number of carbonyl (C=O) groups is 1. The Kier molecular flexibility index (Phi) is 2.90. The number of aromatic nitrogens is 1. The average molecular weight is 312 g/mol. The van der Waals surface area contributed by atoms with Crippen molar-refractivity contribution < 1.29 is 4.79 Å². The van der Waals surface area contributed by atoms with Gasteiger partial charge in [-0.15, -0.1) is 22.7 Å². The predicted molar refractivity (Wildman–Crippen MR) is 87.9 cm³/mol. The van der Waals surface area contributed by atoms with E-state index in [1.807, 2.05) is 25.1 Å². The van der Waals surface area contributed by atoms with E-state index in [1.54, 1.807) is 22.7 Å². The quantitative estimate of drug-likeness (QED) is 0.751. The molecule has 4 rings (SSSR count). The monoisotopic (exact) mass is 312 g/mol. The maximum Gasteiger partial charge on any atom is 0.231 e. The van der Waals surface area contributed by atoms with Crippen molar-refractivity contribution in [3.63, 3.8) is 0 Å². The number of carbonyl (C=O) groups excluding carboxylic acids is 1. The van der Waals surface area contributed by atoms with Gasteiger partial charge < -0.3 is 5.32 Å². The summed E-state index contributed by atoms with van der Waals surface area (Å²) in [5.74, 6) is -0.0185. The van der Waals surface area contributed by atoms with Crippen LogP contribution in [0.3, 0.4) is 0 Å². The lowest BCUT2D eigenvalue weighted by molar-refractivity contribution is -0.116. The van der Waals surface area contributed by atoms with Crippen LogP contribution in [0.5, 0.6) is 0 Å². The van der Waals surface area contributed by atoms with E-state index in [4.69, 9.17) is 4.98 Å². The predicted octanol–water partition coefficient (Wildman–Crippen LogP) is 4.59. The number of anilines is 1. The summed E-state index contributed by atoms with van der Waals surface area (Å²) < 4.78 is 0. The first-order chi connectivity index (χ1) is 10.2. The first-order valence-electron chi connectivity index (χ1n) is 6.67. The topological polar surface area (TPSA) is 42.0 Å². The fourth-order valence-corrected chi connectivity index (χ4v) is 4.14. The lowest BCUT2D eigenvalue weighted by atomic mass is 10.00. The molecule has 1 aromatic carbocycles. The number of thiophene rings is 1. The van der Waals surface area contributed by atoms with Gasteiger partial charge >= 0.3 is 0 Å². The third-order valence-electron chi connectivity index (χ3n) is 3.70. The van der Waals surface area contributed by atoms with E-state index in [-0.39, 0.29) is 11.8 Å². The van der Waals surface area contributed by atoms with Gasteiger partial charge in [0.25, 0.3) is 0 Å². The molecule has 104 valence electrons. The van der Waals surface area contributed by atoms with Crippen LogP contribution < -0.4 is 5.32 Å². The van der Waals surface area contributed by atoms with Crippen LogP contribution in [-0.2, 0) is 4.79 Å². The summed E-state index contributed by atoms with van der Waals surface area (Å²) in [6, 6.07) is 10.2. The minimum Gasteiger partial charge on any atom is -0.325 e. The highest BCUT2D eigenvalue weighted by atomic mass is 32.1. The summed E-state index contributed by atoms with van der Waals surface area (Å²) in [5.41, 5.74) is 4.02. The van der Waals surface area contributed by atoms with E-state index in [0.29, 0.717) is 0 Å². The molecule has 3 nitrogen and oxygen atoms in total. The van der Waals surface area contributed by atoms with Gasteiger partial charge in [-0.25, -0.2) is 4.98 Å².